The molecular weight excluding hydrogens is 339 g/mol. The number of nitrogens with two attached hydrogens (primary N) is 1. The van der Waals surface area contributed by atoms with E-state index in [2.05, 4.69) is 5.32 Å². The standard InChI is InChI=1S/C8H8Cl2N2O5S2/c9-4-2-7(5(10)1-6(4)11)12-8(18(13)14)3-19(15,16)17/h1-2,12H,3,11H2,(H,15,16,17). The summed E-state index contributed by atoms with van der Waals surface area (Å²) in [5.41, 5.74) is 5.70. The van der Waals surface area contributed by atoms with Gasteiger partial charge in [0.25, 0.3) is 10.1 Å². The van der Waals surface area contributed by atoms with Crippen molar-refractivity contribution in [2.75, 3.05) is 16.8 Å². The lowest BCUT2D eigenvalue weighted by Gasteiger charge is -2.09. The van der Waals surface area contributed by atoms with Crippen molar-refractivity contribution in [3.05, 3.63) is 22.2 Å². The summed E-state index contributed by atoms with van der Waals surface area (Å²) in [6.45, 7) is 0. The summed E-state index contributed by atoms with van der Waals surface area (Å²) in [5.74, 6) is -1.11. The average molecular weight is 347 g/mol. The lowest BCUT2D eigenvalue weighted by Crippen LogP contribution is -2.23. The molecule has 1 aromatic carbocycles. The van der Waals surface area contributed by atoms with E-state index in [9.17, 15) is 16.8 Å². The Hall–Kier alpha value is -1.00. The highest BCUT2D eigenvalue weighted by atomic mass is 35.5. The second-order valence-electron chi connectivity index (χ2n) is 3.36. The molecule has 7 nitrogen and oxygen atoms in total. The van der Waals surface area contributed by atoms with Crippen molar-refractivity contribution in [3.63, 3.8) is 0 Å². The SMILES string of the molecule is Nc1cc(Cl)c(NC(CS(=O)(=O)O)=S(=O)=O)cc1Cl. The Morgan fingerprint density at radius 2 is 1.89 bits per heavy atom. The molecule has 0 aromatic heterocycles. The largest absolute Gasteiger partial charge is 0.397 e. The van der Waals surface area contributed by atoms with Crippen LogP contribution >= 0.6 is 23.2 Å². The van der Waals surface area contributed by atoms with Gasteiger partial charge in [0, 0.05) is 0 Å². The summed E-state index contributed by atoms with van der Waals surface area (Å²) < 4.78 is 51.7. The Balaban J connectivity index is 3.20. The first kappa shape index (κ1) is 16.1. The van der Waals surface area contributed by atoms with Gasteiger partial charge >= 0.3 is 0 Å². The summed E-state index contributed by atoms with van der Waals surface area (Å²) in [6.07, 6.45) is 0. The zero-order valence-electron chi connectivity index (χ0n) is 9.09. The van der Waals surface area contributed by atoms with Gasteiger partial charge < -0.3 is 11.1 Å². The van der Waals surface area contributed by atoms with Crippen LogP contribution in [0.15, 0.2) is 12.1 Å². The van der Waals surface area contributed by atoms with Crippen LogP contribution in [0.5, 0.6) is 0 Å². The highest BCUT2D eigenvalue weighted by Gasteiger charge is 2.15. The minimum Gasteiger partial charge on any atom is -0.397 e. The van der Waals surface area contributed by atoms with Crippen LogP contribution in [0.3, 0.4) is 0 Å². The van der Waals surface area contributed by atoms with Gasteiger partial charge in [-0.05, 0) is 12.1 Å². The zero-order chi connectivity index (χ0) is 14.8. The van der Waals surface area contributed by atoms with Crippen LogP contribution in [0.25, 0.3) is 0 Å². The van der Waals surface area contributed by atoms with Crippen LogP contribution in [-0.2, 0) is 20.4 Å². The molecule has 1 rings (SSSR count). The number of hydrogen-bond acceptors (Lipinski definition) is 5. The maximum absolute atomic E-state index is 10.9. The number of halogens is 2. The maximum atomic E-state index is 10.9. The summed E-state index contributed by atoms with van der Waals surface area (Å²) in [5, 5.41) is 2.41. The van der Waals surface area contributed by atoms with E-state index in [1.54, 1.807) is 0 Å². The Bertz CT molecular complexity index is 735. The highest BCUT2D eigenvalue weighted by Crippen LogP contribution is 2.30. The van der Waals surface area contributed by atoms with Crippen molar-refractivity contribution >= 4 is 60.0 Å². The second kappa shape index (κ2) is 5.97. The molecule has 0 saturated carbocycles. The normalized spacial score (nSPS) is 11.1. The van der Waals surface area contributed by atoms with Gasteiger partial charge in [-0.2, -0.15) is 16.8 Å². The summed E-state index contributed by atoms with van der Waals surface area (Å²) >= 11 is 11.5. The zero-order valence-corrected chi connectivity index (χ0v) is 12.2. The van der Waals surface area contributed by atoms with Gasteiger partial charge in [0.1, 0.15) is 5.75 Å². The number of benzene rings is 1. The van der Waals surface area contributed by atoms with Crippen molar-refractivity contribution < 1.29 is 21.4 Å². The van der Waals surface area contributed by atoms with Crippen molar-refractivity contribution in [3.8, 4) is 0 Å². The van der Waals surface area contributed by atoms with Gasteiger partial charge in [-0.3, -0.25) is 4.55 Å². The fourth-order valence-electron chi connectivity index (χ4n) is 1.10. The van der Waals surface area contributed by atoms with E-state index >= 15 is 0 Å². The third-order valence-corrected chi connectivity index (χ3v) is 4.00. The van der Waals surface area contributed by atoms with Gasteiger partial charge in [0.15, 0.2) is 4.99 Å². The monoisotopic (exact) mass is 346 g/mol. The van der Waals surface area contributed by atoms with Crippen LogP contribution < -0.4 is 11.1 Å². The molecule has 19 heavy (non-hydrogen) atoms. The van der Waals surface area contributed by atoms with Gasteiger partial charge in [-0.25, -0.2) is 0 Å². The summed E-state index contributed by atoms with van der Waals surface area (Å²) in [6, 6.07) is 2.50. The van der Waals surface area contributed by atoms with Crippen LogP contribution in [-0.4, -0.2) is 32.1 Å². The number of nitrogens with one attached hydrogen (secondary N) is 1. The lowest BCUT2D eigenvalue weighted by molar-refractivity contribution is 0.488. The van der Waals surface area contributed by atoms with Crippen LogP contribution in [0.4, 0.5) is 11.4 Å². The van der Waals surface area contributed by atoms with Crippen LogP contribution in [0.2, 0.25) is 10.0 Å². The second-order valence-corrected chi connectivity index (χ2v) is 6.59. The molecule has 0 amide bonds. The fourth-order valence-corrected chi connectivity index (χ4v) is 2.91. The first-order valence-corrected chi connectivity index (χ1v) is 7.96. The lowest BCUT2D eigenvalue weighted by atomic mass is 10.3. The average Bonchev–Trinajstić information content (AvgIpc) is 2.22. The molecule has 11 heteroatoms. The Labute approximate surface area is 120 Å². The van der Waals surface area contributed by atoms with Gasteiger partial charge in [-0.15, -0.1) is 0 Å². The van der Waals surface area contributed by atoms with Crippen LogP contribution in [0.1, 0.15) is 0 Å². The molecule has 0 saturated heterocycles. The minimum absolute atomic E-state index is 0.0418. The number of rotatable bonds is 3. The third-order valence-electron chi connectivity index (χ3n) is 1.88. The number of anilines is 2. The molecular formula is C8H8Cl2N2O5S2. The highest BCUT2D eigenvalue weighted by molar-refractivity contribution is 7.88. The third kappa shape index (κ3) is 4.88. The number of hydrogen-bond donors (Lipinski definition) is 3. The molecule has 0 spiro atoms. The molecule has 0 bridgehead atoms. The molecule has 1 aromatic rings. The summed E-state index contributed by atoms with van der Waals surface area (Å²) in [4.78, 5) is -0.676. The van der Waals surface area contributed by atoms with E-state index in [1.165, 1.54) is 12.1 Å². The number of nitrogen functional groups attached to an aromatic ring is 1. The molecule has 0 fully saturated rings. The molecule has 0 heterocycles. The van der Waals surface area contributed by atoms with E-state index in [4.69, 9.17) is 33.5 Å². The van der Waals surface area contributed by atoms with Gasteiger partial charge in [-0.1, -0.05) is 23.2 Å². The first-order valence-electron chi connectivity index (χ1n) is 4.52. The predicted octanol–water partition coefficient (Wildman–Crippen LogP) is 0.884. The Kier molecular flexibility index (Phi) is 5.04. The quantitative estimate of drug-likeness (QED) is 0.421. The minimum atomic E-state index is -4.51. The van der Waals surface area contributed by atoms with Crippen molar-refractivity contribution in [2.24, 2.45) is 0 Å². The van der Waals surface area contributed by atoms with Crippen molar-refractivity contribution in [1.82, 2.24) is 0 Å². The molecule has 4 N–H and O–H groups in total. The summed E-state index contributed by atoms with van der Waals surface area (Å²) in [7, 11) is -7.40. The Morgan fingerprint density at radius 1 is 1.32 bits per heavy atom. The van der Waals surface area contributed by atoms with E-state index in [0.29, 0.717) is 0 Å². The van der Waals surface area contributed by atoms with Crippen molar-refractivity contribution in [2.45, 2.75) is 0 Å². The van der Waals surface area contributed by atoms with Gasteiger partial charge in [0.2, 0.25) is 10.3 Å². The molecule has 0 atom stereocenters. The topological polar surface area (TPSA) is 127 Å². The van der Waals surface area contributed by atoms with E-state index in [0.717, 1.165) is 0 Å². The van der Waals surface area contributed by atoms with E-state index in [-0.39, 0.29) is 21.4 Å². The van der Waals surface area contributed by atoms with E-state index < -0.39 is 31.2 Å². The maximum Gasteiger partial charge on any atom is 0.271 e. The Morgan fingerprint density at radius 3 is 2.37 bits per heavy atom. The van der Waals surface area contributed by atoms with Gasteiger partial charge in [0.05, 0.1) is 21.4 Å². The molecule has 0 aliphatic rings. The first-order chi connectivity index (χ1) is 8.60. The molecule has 0 radical (unpaired) electrons. The molecule has 0 aliphatic heterocycles. The van der Waals surface area contributed by atoms with Crippen LogP contribution in [0, 0.1) is 0 Å². The molecule has 106 valence electrons. The van der Waals surface area contributed by atoms with Crippen molar-refractivity contribution in [1.29, 1.82) is 0 Å². The molecule has 0 aliphatic carbocycles. The van der Waals surface area contributed by atoms with E-state index in [1.807, 2.05) is 0 Å². The fraction of sp³-hybridized carbons (Fsp3) is 0.125. The predicted molar refractivity (Wildman–Crippen MR) is 74.8 cm³/mol. The molecule has 0 unspecified atom stereocenters. The smallest absolute Gasteiger partial charge is 0.271 e.